The van der Waals surface area contributed by atoms with E-state index in [0.717, 1.165) is 24.3 Å². The molecule has 0 saturated heterocycles. The number of para-hydroxylation sites is 1. The van der Waals surface area contributed by atoms with Crippen LogP contribution in [0.1, 0.15) is 26.5 Å². The molecule has 28 heavy (non-hydrogen) atoms. The summed E-state index contributed by atoms with van der Waals surface area (Å²) in [6.45, 7) is 1.73. The molecule has 0 aliphatic carbocycles. The van der Waals surface area contributed by atoms with Crippen molar-refractivity contribution in [3.63, 3.8) is 0 Å². The van der Waals surface area contributed by atoms with Crippen molar-refractivity contribution in [1.29, 1.82) is 0 Å². The van der Waals surface area contributed by atoms with Crippen LogP contribution in [0.25, 0.3) is 5.65 Å². The second-order valence-electron chi connectivity index (χ2n) is 6.83. The first-order valence-electron chi connectivity index (χ1n) is 9.27. The van der Waals surface area contributed by atoms with Crippen LogP contribution in [0, 0.1) is 0 Å². The summed E-state index contributed by atoms with van der Waals surface area (Å²) >= 11 is 1.77. The van der Waals surface area contributed by atoms with Crippen molar-refractivity contribution in [1.82, 2.24) is 14.3 Å². The van der Waals surface area contributed by atoms with Crippen LogP contribution in [0.2, 0.25) is 0 Å². The number of nitrogens with zero attached hydrogens (tertiary/aromatic N) is 3. The van der Waals surface area contributed by atoms with E-state index in [2.05, 4.69) is 16.4 Å². The van der Waals surface area contributed by atoms with Gasteiger partial charge in [-0.25, -0.2) is 4.98 Å². The van der Waals surface area contributed by atoms with Gasteiger partial charge in [-0.15, -0.1) is 11.3 Å². The van der Waals surface area contributed by atoms with E-state index in [9.17, 15) is 4.79 Å². The van der Waals surface area contributed by atoms with Gasteiger partial charge in [-0.1, -0.05) is 18.2 Å². The van der Waals surface area contributed by atoms with Crippen LogP contribution in [0.3, 0.4) is 0 Å². The standard InChI is InChI=1S/C22H19N3O2S/c26-22(25-11-8-20-16(13-25)9-12-28-20)18-5-1-2-6-19(18)27-15-17-14-24-10-4-3-7-21(24)23-17/h1-7,9-10,12,14H,8,11,13,15H2. The maximum absolute atomic E-state index is 13.1. The molecule has 5 rings (SSSR count). The Morgan fingerprint density at radius 3 is 2.96 bits per heavy atom. The zero-order valence-corrected chi connectivity index (χ0v) is 16.1. The number of fused-ring (bicyclic) bond motifs is 2. The maximum atomic E-state index is 13.1. The van der Waals surface area contributed by atoms with Crippen molar-refractivity contribution in [3.8, 4) is 5.75 Å². The minimum Gasteiger partial charge on any atom is -0.486 e. The number of thiophene rings is 1. The number of carbonyl (C=O) groups excluding carboxylic acids is 1. The molecule has 0 bridgehead atoms. The highest BCUT2D eigenvalue weighted by atomic mass is 32.1. The number of rotatable bonds is 4. The minimum absolute atomic E-state index is 0.0162. The number of hydrogen-bond acceptors (Lipinski definition) is 4. The van der Waals surface area contributed by atoms with Crippen molar-refractivity contribution >= 4 is 22.9 Å². The van der Waals surface area contributed by atoms with E-state index in [1.54, 1.807) is 11.3 Å². The van der Waals surface area contributed by atoms with Crippen LogP contribution < -0.4 is 4.74 Å². The number of amides is 1. The molecule has 0 atom stereocenters. The second kappa shape index (κ2) is 7.13. The molecule has 1 aliphatic rings. The molecule has 4 aromatic rings. The van der Waals surface area contributed by atoms with Gasteiger partial charge in [0.2, 0.25) is 0 Å². The number of benzene rings is 1. The first kappa shape index (κ1) is 17.0. The smallest absolute Gasteiger partial charge is 0.257 e. The Kier molecular flexibility index (Phi) is 4.33. The third kappa shape index (κ3) is 3.16. The maximum Gasteiger partial charge on any atom is 0.257 e. The van der Waals surface area contributed by atoms with Gasteiger partial charge in [0.25, 0.3) is 5.91 Å². The molecular formula is C22H19N3O2S. The summed E-state index contributed by atoms with van der Waals surface area (Å²) in [5, 5.41) is 2.10. The van der Waals surface area contributed by atoms with Crippen LogP contribution in [-0.4, -0.2) is 26.7 Å². The van der Waals surface area contributed by atoms with Crippen LogP contribution >= 0.6 is 11.3 Å². The highest BCUT2D eigenvalue weighted by molar-refractivity contribution is 7.10. The minimum atomic E-state index is 0.0162. The van der Waals surface area contributed by atoms with Gasteiger partial charge in [0.15, 0.2) is 0 Å². The average molecular weight is 389 g/mol. The van der Waals surface area contributed by atoms with E-state index in [1.165, 1.54) is 10.4 Å². The number of carbonyl (C=O) groups is 1. The molecule has 1 aliphatic heterocycles. The fraction of sp³-hybridized carbons (Fsp3) is 0.182. The quantitative estimate of drug-likeness (QED) is 0.526. The van der Waals surface area contributed by atoms with Gasteiger partial charge in [0, 0.05) is 30.4 Å². The largest absolute Gasteiger partial charge is 0.486 e. The third-order valence-electron chi connectivity index (χ3n) is 5.00. The molecule has 1 aromatic carbocycles. The van der Waals surface area contributed by atoms with Crippen molar-refractivity contribution in [2.24, 2.45) is 0 Å². The summed E-state index contributed by atoms with van der Waals surface area (Å²) in [5.74, 6) is 0.614. The summed E-state index contributed by atoms with van der Waals surface area (Å²) in [4.78, 5) is 21.0. The summed E-state index contributed by atoms with van der Waals surface area (Å²) in [6, 6.07) is 15.5. The van der Waals surface area contributed by atoms with Gasteiger partial charge in [-0.05, 0) is 47.7 Å². The molecular weight excluding hydrogens is 370 g/mol. The lowest BCUT2D eigenvalue weighted by Crippen LogP contribution is -2.35. The highest BCUT2D eigenvalue weighted by Crippen LogP contribution is 2.27. The van der Waals surface area contributed by atoms with Crippen LogP contribution in [0.4, 0.5) is 0 Å². The molecule has 0 spiro atoms. The lowest BCUT2D eigenvalue weighted by atomic mass is 10.1. The van der Waals surface area contributed by atoms with Gasteiger partial charge in [0.05, 0.1) is 11.3 Å². The molecule has 1 amide bonds. The van der Waals surface area contributed by atoms with E-state index < -0.39 is 0 Å². The van der Waals surface area contributed by atoms with E-state index >= 15 is 0 Å². The fourth-order valence-electron chi connectivity index (χ4n) is 3.57. The molecule has 0 saturated carbocycles. The van der Waals surface area contributed by atoms with Crippen molar-refractivity contribution in [2.45, 2.75) is 19.6 Å². The van der Waals surface area contributed by atoms with Crippen molar-refractivity contribution in [3.05, 3.63) is 88.0 Å². The molecule has 0 radical (unpaired) electrons. The van der Waals surface area contributed by atoms with Gasteiger partial charge >= 0.3 is 0 Å². The SMILES string of the molecule is O=C(c1ccccc1OCc1cn2ccccc2n1)N1CCc2sccc2C1. The lowest BCUT2D eigenvalue weighted by molar-refractivity contribution is 0.0731. The molecule has 3 aromatic heterocycles. The third-order valence-corrected chi connectivity index (χ3v) is 6.02. The zero-order chi connectivity index (χ0) is 18.9. The summed E-state index contributed by atoms with van der Waals surface area (Å²) in [6.07, 6.45) is 4.82. The number of ether oxygens (including phenoxy) is 1. The number of pyridine rings is 1. The van der Waals surface area contributed by atoms with Crippen molar-refractivity contribution < 1.29 is 9.53 Å². The predicted molar refractivity (Wildman–Crippen MR) is 109 cm³/mol. The fourth-order valence-corrected chi connectivity index (χ4v) is 4.46. The van der Waals surface area contributed by atoms with Crippen LogP contribution in [0.5, 0.6) is 5.75 Å². The van der Waals surface area contributed by atoms with E-state index in [1.807, 2.05) is 64.2 Å². The van der Waals surface area contributed by atoms with Gasteiger partial charge in [0.1, 0.15) is 18.0 Å². The lowest BCUT2D eigenvalue weighted by Gasteiger charge is -2.27. The number of imidazole rings is 1. The summed E-state index contributed by atoms with van der Waals surface area (Å²) in [7, 11) is 0. The Morgan fingerprint density at radius 1 is 1.14 bits per heavy atom. The number of hydrogen-bond donors (Lipinski definition) is 0. The molecule has 4 heterocycles. The Balaban J connectivity index is 1.34. The number of aromatic nitrogens is 2. The van der Waals surface area contributed by atoms with Gasteiger partial charge in [-0.3, -0.25) is 4.79 Å². The molecule has 0 N–H and O–H groups in total. The summed E-state index contributed by atoms with van der Waals surface area (Å²) in [5.41, 5.74) is 3.57. The topological polar surface area (TPSA) is 46.8 Å². The van der Waals surface area contributed by atoms with Crippen molar-refractivity contribution in [2.75, 3.05) is 6.54 Å². The molecule has 5 nitrogen and oxygen atoms in total. The molecule has 6 heteroatoms. The summed E-state index contributed by atoms with van der Waals surface area (Å²) < 4.78 is 7.96. The van der Waals surface area contributed by atoms with Crippen LogP contribution in [-0.2, 0) is 19.6 Å². The molecule has 140 valence electrons. The van der Waals surface area contributed by atoms with E-state index in [-0.39, 0.29) is 5.91 Å². The van der Waals surface area contributed by atoms with E-state index in [0.29, 0.717) is 24.5 Å². The Labute approximate surface area is 166 Å². The van der Waals surface area contributed by atoms with Gasteiger partial charge in [-0.2, -0.15) is 0 Å². The van der Waals surface area contributed by atoms with Gasteiger partial charge < -0.3 is 14.0 Å². The Morgan fingerprint density at radius 2 is 2.04 bits per heavy atom. The average Bonchev–Trinajstić information content (AvgIpc) is 3.37. The second-order valence-corrected chi connectivity index (χ2v) is 7.83. The first-order valence-corrected chi connectivity index (χ1v) is 10.1. The molecule has 0 unspecified atom stereocenters. The zero-order valence-electron chi connectivity index (χ0n) is 15.2. The molecule has 0 fully saturated rings. The normalized spacial score (nSPS) is 13.5. The highest BCUT2D eigenvalue weighted by Gasteiger charge is 2.24. The predicted octanol–water partition coefficient (Wildman–Crippen LogP) is 4.17. The Hall–Kier alpha value is -3.12. The first-order chi connectivity index (χ1) is 13.8. The monoisotopic (exact) mass is 389 g/mol. The van der Waals surface area contributed by atoms with E-state index in [4.69, 9.17) is 4.74 Å². The Bertz CT molecular complexity index is 1110. The van der Waals surface area contributed by atoms with Crippen LogP contribution in [0.15, 0.2) is 66.3 Å².